The molecule has 128 valence electrons. The summed E-state index contributed by atoms with van der Waals surface area (Å²) < 4.78 is 28.4. The van der Waals surface area contributed by atoms with Gasteiger partial charge in [-0.05, 0) is 61.4 Å². The molecule has 5 nitrogen and oxygen atoms in total. The minimum Gasteiger partial charge on any atom is -0.493 e. The van der Waals surface area contributed by atoms with Crippen molar-refractivity contribution in [2.45, 2.75) is 25.2 Å². The van der Waals surface area contributed by atoms with Crippen LogP contribution in [0.4, 0.5) is 5.69 Å². The van der Waals surface area contributed by atoms with Gasteiger partial charge < -0.3 is 10.1 Å². The van der Waals surface area contributed by atoms with Gasteiger partial charge in [-0.1, -0.05) is 6.07 Å². The monoisotopic (exact) mass is 347 g/mol. The first-order valence-corrected chi connectivity index (χ1v) is 9.44. The first-order valence-electron chi connectivity index (χ1n) is 7.55. The number of amides is 1. The lowest BCUT2D eigenvalue weighted by atomic mass is 10.1. The van der Waals surface area contributed by atoms with Gasteiger partial charge in [0.1, 0.15) is 5.75 Å². The van der Waals surface area contributed by atoms with Gasteiger partial charge in [0.05, 0.1) is 17.9 Å². The Kier molecular flexibility index (Phi) is 5.62. The third-order valence-electron chi connectivity index (χ3n) is 3.36. The molecule has 0 radical (unpaired) electrons. The predicted molar refractivity (Wildman–Crippen MR) is 94.2 cm³/mol. The number of sulfone groups is 1. The lowest BCUT2D eigenvalue weighted by Gasteiger charge is -2.09. The molecule has 0 heterocycles. The average molecular weight is 347 g/mol. The van der Waals surface area contributed by atoms with E-state index in [4.69, 9.17) is 4.74 Å². The molecule has 0 aliphatic carbocycles. The van der Waals surface area contributed by atoms with Crippen LogP contribution in [0.5, 0.6) is 5.75 Å². The molecule has 24 heavy (non-hydrogen) atoms. The van der Waals surface area contributed by atoms with Crippen molar-refractivity contribution in [3.05, 3.63) is 53.6 Å². The van der Waals surface area contributed by atoms with Crippen molar-refractivity contribution in [1.29, 1.82) is 0 Å². The second kappa shape index (κ2) is 7.49. The van der Waals surface area contributed by atoms with Crippen LogP contribution in [0.1, 0.15) is 17.5 Å². The zero-order chi connectivity index (χ0) is 17.7. The lowest BCUT2D eigenvalue weighted by molar-refractivity contribution is -0.116. The third-order valence-corrected chi connectivity index (χ3v) is 4.49. The van der Waals surface area contributed by atoms with Gasteiger partial charge in [-0.25, -0.2) is 8.42 Å². The molecule has 0 atom stereocenters. The van der Waals surface area contributed by atoms with E-state index in [0.717, 1.165) is 23.1 Å². The molecule has 2 aromatic carbocycles. The van der Waals surface area contributed by atoms with Gasteiger partial charge in [-0.2, -0.15) is 0 Å². The topological polar surface area (TPSA) is 72.5 Å². The number of carbonyl (C=O) groups is 1. The number of carbonyl (C=O) groups excluding carboxylic acids is 1. The Balaban J connectivity index is 1.85. The Hall–Kier alpha value is -2.34. The molecule has 0 fully saturated rings. The lowest BCUT2D eigenvalue weighted by Crippen LogP contribution is -2.15. The molecular weight excluding hydrogens is 326 g/mol. The van der Waals surface area contributed by atoms with Gasteiger partial charge in [0.25, 0.3) is 0 Å². The van der Waals surface area contributed by atoms with Crippen LogP contribution < -0.4 is 10.1 Å². The maximum absolute atomic E-state index is 11.9. The van der Waals surface area contributed by atoms with Gasteiger partial charge in [0, 0.05) is 11.9 Å². The number of aryl methyl sites for hydroxylation is 2. The largest absolute Gasteiger partial charge is 0.493 e. The summed E-state index contributed by atoms with van der Waals surface area (Å²) in [5.74, 6) is 0.560. The highest BCUT2D eigenvalue weighted by molar-refractivity contribution is 7.90. The summed E-state index contributed by atoms with van der Waals surface area (Å²) in [7, 11) is -3.23. The fourth-order valence-corrected chi connectivity index (χ4v) is 2.92. The molecule has 0 saturated heterocycles. The molecule has 0 saturated carbocycles. The van der Waals surface area contributed by atoms with Crippen molar-refractivity contribution in [3.63, 3.8) is 0 Å². The van der Waals surface area contributed by atoms with E-state index in [2.05, 4.69) is 11.4 Å². The molecule has 0 aliphatic heterocycles. The van der Waals surface area contributed by atoms with Crippen LogP contribution in [0.25, 0.3) is 0 Å². The van der Waals surface area contributed by atoms with Crippen LogP contribution in [0, 0.1) is 13.8 Å². The second-order valence-electron chi connectivity index (χ2n) is 5.77. The normalized spacial score (nSPS) is 11.1. The molecule has 2 aromatic rings. The number of hydrogen-bond acceptors (Lipinski definition) is 4. The van der Waals surface area contributed by atoms with Crippen molar-refractivity contribution < 1.29 is 17.9 Å². The minimum absolute atomic E-state index is 0.188. The summed E-state index contributed by atoms with van der Waals surface area (Å²) >= 11 is 0. The highest BCUT2D eigenvalue weighted by atomic mass is 32.2. The van der Waals surface area contributed by atoms with Crippen molar-refractivity contribution in [2.24, 2.45) is 0 Å². The summed E-state index contributed by atoms with van der Waals surface area (Å²) in [6.45, 7) is 4.26. The van der Waals surface area contributed by atoms with Gasteiger partial charge in [0.15, 0.2) is 9.84 Å². The molecule has 0 bridgehead atoms. The molecule has 2 rings (SSSR count). The third kappa shape index (κ3) is 5.38. The zero-order valence-electron chi connectivity index (χ0n) is 14.0. The minimum atomic E-state index is -3.23. The number of anilines is 1. The average Bonchev–Trinajstić information content (AvgIpc) is 2.45. The SMILES string of the molecule is Cc1cc(C)cc(OCCC(=O)Nc2ccc(S(C)(=O)=O)cc2)c1. The Morgan fingerprint density at radius 2 is 1.62 bits per heavy atom. The first-order chi connectivity index (χ1) is 11.2. The Labute approximate surface area is 142 Å². The number of nitrogens with one attached hydrogen (secondary N) is 1. The van der Waals surface area contributed by atoms with Crippen LogP contribution in [-0.4, -0.2) is 27.2 Å². The van der Waals surface area contributed by atoms with E-state index in [1.807, 2.05) is 26.0 Å². The second-order valence-corrected chi connectivity index (χ2v) is 7.78. The van der Waals surface area contributed by atoms with E-state index in [-0.39, 0.29) is 23.8 Å². The highest BCUT2D eigenvalue weighted by Gasteiger charge is 2.08. The van der Waals surface area contributed by atoms with E-state index in [1.54, 1.807) is 12.1 Å². The number of benzene rings is 2. The van der Waals surface area contributed by atoms with E-state index in [1.165, 1.54) is 12.1 Å². The fraction of sp³-hybridized carbons (Fsp3) is 0.278. The van der Waals surface area contributed by atoms with Crippen molar-refractivity contribution in [1.82, 2.24) is 0 Å². The zero-order valence-corrected chi connectivity index (χ0v) is 14.8. The molecule has 6 heteroatoms. The van der Waals surface area contributed by atoms with Crippen LogP contribution in [0.15, 0.2) is 47.4 Å². The molecule has 1 amide bonds. The fourth-order valence-electron chi connectivity index (χ4n) is 2.29. The Morgan fingerprint density at radius 1 is 1.04 bits per heavy atom. The maximum Gasteiger partial charge on any atom is 0.227 e. The Morgan fingerprint density at radius 3 is 2.17 bits per heavy atom. The van der Waals surface area contributed by atoms with Gasteiger partial charge >= 0.3 is 0 Å². The molecule has 0 unspecified atom stereocenters. The summed E-state index contributed by atoms with van der Waals surface area (Å²) in [5.41, 5.74) is 2.78. The quantitative estimate of drug-likeness (QED) is 0.871. The molecule has 0 aromatic heterocycles. The summed E-state index contributed by atoms with van der Waals surface area (Å²) in [4.78, 5) is 12.1. The smallest absolute Gasteiger partial charge is 0.227 e. The first kappa shape index (κ1) is 18.0. The van der Waals surface area contributed by atoms with Crippen LogP contribution in [0.3, 0.4) is 0 Å². The van der Waals surface area contributed by atoms with Crippen LogP contribution in [0.2, 0.25) is 0 Å². The summed E-state index contributed by atoms with van der Waals surface area (Å²) in [6.07, 6.45) is 1.35. The van der Waals surface area contributed by atoms with Gasteiger partial charge in [0.2, 0.25) is 5.91 Å². The van der Waals surface area contributed by atoms with Crippen molar-refractivity contribution in [3.8, 4) is 5.75 Å². The van der Waals surface area contributed by atoms with Crippen molar-refractivity contribution >= 4 is 21.4 Å². The number of hydrogen-bond donors (Lipinski definition) is 1. The van der Waals surface area contributed by atoms with Crippen LogP contribution >= 0.6 is 0 Å². The summed E-state index contributed by atoms with van der Waals surface area (Å²) in [5, 5.41) is 2.72. The van der Waals surface area contributed by atoms with E-state index in [9.17, 15) is 13.2 Å². The molecule has 1 N–H and O–H groups in total. The standard InChI is InChI=1S/C18H21NO4S/c1-13-10-14(2)12-16(11-13)23-9-8-18(20)19-15-4-6-17(7-5-15)24(3,21)22/h4-7,10-12H,8-9H2,1-3H3,(H,19,20). The van der Waals surface area contributed by atoms with E-state index >= 15 is 0 Å². The maximum atomic E-state index is 11.9. The molecular formula is C18H21NO4S. The highest BCUT2D eigenvalue weighted by Crippen LogP contribution is 2.17. The van der Waals surface area contributed by atoms with Gasteiger partial charge in [-0.3, -0.25) is 4.79 Å². The van der Waals surface area contributed by atoms with E-state index in [0.29, 0.717) is 5.69 Å². The molecule has 0 spiro atoms. The summed E-state index contributed by atoms with van der Waals surface area (Å²) in [6, 6.07) is 12.0. The van der Waals surface area contributed by atoms with E-state index < -0.39 is 9.84 Å². The number of ether oxygens (including phenoxy) is 1. The Bertz CT molecular complexity index is 806. The van der Waals surface area contributed by atoms with Crippen LogP contribution in [-0.2, 0) is 14.6 Å². The van der Waals surface area contributed by atoms with Crippen molar-refractivity contribution in [2.75, 3.05) is 18.2 Å². The predicted octanol–water partition coefficient (Wildman–Crippen LogP) is 3.11. The number of rotatable bonds is 6. The van der Waals surface area contributed by atoms with Gasteiger partial charge in [-0.15, -0.1) is 0 Å². The molecule has 0 aliphatic rings.